The maximum atomic E-state index is 14.8. The Morgan fingerprint density at radius 1 is 0.585 bits per heavy atom. The van der Waals surface area contributed by atoms with Crippen molar-refractivity contribution in [1.82, 2.24) is 4.98 Å². The molecule has 0 amide bonds. The molecule has 350 valence electrons. The number of nitrogens with zero attached hydrogens (tertiary/aromatic N) is 3. The van der Waals surface area contributed by atoms with Crippen LogP contribution in [-0.4, -0.2) is 122 Å². The summed E-state index contributed by atoms with van der Waals surface area (Å²) in [4.78, 5) is 133. The summed E-state index contributed by atoms with van der Waals surface area (Å²) in [5.41, 5.74) is -6.73. The minimum absolute atomic E-state index is 0.0106. The molecule has 0 radical (unpaired) electrons. The number of ketones is 1. The Morgan fingerprint density at radius 3 is 1.68 bits per heavy atom. The van der Waals surface area contributed by atoms with E-state index in [0.29, 0.717) is 0 Å². The second kappa shape index (κ2) is 18.4. The predicted octanol–water partition coefficient (Wildman–Crippen LogP) is 4.00. The van der Waals surface area contributed by atoms with Crippen LogP contribution in [0.1, 0.15) is 121 Å². The number of aromatic nitrogens is 1. The molecular formula is C44H52N4O17. The van der Waals surface area contributed by atoms with Crippen molar-refractivity contribution < 1.29 is 84.0 Å². The molecule has 0 saturated carbocycles. The van der Waals surface area contributed by atoms with Gasteiger partial charge >= 0.3 is 47.8 Å². The number of aromatic amines is 1. The number of rotatable bonds is 21. The van der Waals surface area contributed by atoms with Gasteiger partial charge in [0, 0.05) is 101 Å². The summed E-state index contributed by atoms with van der Waals surface area (Å²) >= 11 is 0. The van der Waals surface area contributed by atoms with Gasteiger partial charge in [0.05, 0.1) is 31.4 Å². The van der Waals surface area contributed by atoms with Crippen LogP contribution in [0.5, 0.6) is 0 Å². The number of nitrogens with one attached hydrogen (secondary N) is 1. The molecule has 21 nitrogen and oxygen atoms in total. The van der Waals surface area contributed by atoms with E-state index >= 15 is 0 Å². The van der Waals surface area contributed by atoms with Crippen LogP contribution in [0.2, 0.25) is 0 Å². The molecule has 1 aromatic rings. The fourth-order valence-corrected chi connectivity index (χ4v) is 10.7. The van der Waals surface area contributed by atoms with E-state index < -0.39 is 139 Å². The number of carbonyl (C=O) groups excluding carboxylic acids is 1. The van der Waals surface area contributed by atoms with Gasteiger partial charge in [0.2, 0.25) is 0 Å². The summed E-state index contributed by atoms with van der Waals surface area (Å²) in [6.07, 6.45) is -7.40. The summed E-state index contributed by atoms with van der Waals surface area (Å²) in [6.45, 7) is 5.51. The number of Topliss-reactive ketones (excluding diaryl/α,β-unsaturated/α-hetero) is 1. The quantitative estimate of drug-likeness (QED) is 0.0841. The van der Waals surface area contributed by atoms with Crippen LogP contribution in [-0.2, 0) is 68.8 Å². The summed E-state index contributed by atoms with van der Waals surface area (Å²) in [5, 5.41) is 81.2. The van der Waals surface area contributed by atoms with E-state index in [9.17, 15) is 84.0 Å². The summed E-state index contributed by atoms with van der Waals surface area (Å²) in [7, 11) is 0. The van der Waals surface area contributed by atoms with Crippen LogP contribution in [0, 0.1) is 22.2 Å². The first-order valence-corrected chi connectivity index (χ1v) is 20.9. The van der Waals surface area contributed by atoms with E-state index in [-0.39, 0.29) is 101 Å². The first-order valence-electron chi connectivity index (χ1n) is 20.9. The van der Waals surface area contributed by atoms with Crippen molar-refractivity contribution in [1.29, 1.82) is 0 Å². The van der Waals surface area contributed by atoms with E-state index in [0.717, 1.165) is 6.92 Å². The number of carbonyl (C=O) groups is 9. The van der Waals surface area contributed by atoms with E-state index in [4.69, 9.17) is 15.0 Å². The highest BCUT2D eigenvalue weighted by Gasteiger charge is 2.66. The first-order chi connectivity index (χ1) is 30.2. The average molecular weight is 909 g/mol. The molecule has 0 fully saturated rings. The summed E-state index contributed by atoms with van der Waals surface area (Å²) < 4.78 is 0. The number of aliphatic imine (C=N–C) groups is 3. The SMILES string of the molecule is CC(=O)C12N=C(CC3=NC(=C(CCC(=O)O)[C@]3(C)CC(=O)O)Cc3[nH]c(c(CCC(=O)O)c3CC(=O)O)CC3=NC1=C(CC(=O)O)[C@@]3(C)CCC(=O)O)[C@@H](CCC(=O)O)[C@]2(C)CC(=O)O. The lowest BCUT2D eigenvalue weighted by Crippen LogP contribution is -2.53. The standard InChI is InChI=1S/C44H52N4O17/c1-20(49)44-40-25(14-37(60)61)41(2,12-11-35(56)57)30(47-40)16-27-21(5-8-32(50)51)22(13-36(58)59)26(45-27)15-28-23(6-9-33(52)53)42(3,18-38(62)63)31(46-28)17-29(48-44)24(7-10-34(54)55)43(44,4)19-39(64)65/h24,45H,5-19H2,1-4H3,(H,50,51)(H,52,53)(H,54,55)(H,56,57)(H,58,59)(H,60,61)(H,62,63)(H,64,65)/t24-,41-,42+,43+,44?/m1/s1. The minimum atomic E-state index is -2.41. The highest BCUT2D eigenvalue weighted by molar-refractivity contribution is 6.15. The molecule has 4 aliphatic heterocycles. The van der Waals surface area contributed by atoms with Crippen molar-refractivity contribution in [2.45, 2.75) is 130 Å². The fraction of sp³-hybridized carbons (Fsp3) is 0.545. The van der Waals surface area contributed by atoms with Crippen molar-refractivity contribution in [3.05, 3.63) is 45.1 Å². The molecular weight excluding hydrogens is 856 g/mol. The van der Waals surface area contributed by atoms with Gasteiger partial charge in [-0.15, -0.1) is 0 Å². The largest absolute Gasteiger partial charge is 0.481 e. The lowest BCUT2D eigenvalue weighted by molar-refractivity contribution is -0.143. The van der Waals surface area contributed by atoms with Crippen molar-refractivity contribution >= 4 is 70.7 Å². The third-order valence-corrected chi connectivity index (χ3v) is 13.7. The highest BCUT2D eigenvalue weighted by Crippen LogP contribution is 2.61. The van der Waals surface area contributed by atoms with Gasteiger partial charge in [0.25, 0.3) is 0 Å². The third-order valence-electron chi connectivity index (χ3n) is 13.7. The maximum Gasteiger partial charge on any atom is 0.307 e. The van der Waals surface area contributed by atoms with Gasteiger partial charge in [-0.2, -0.15) is 0 Å². The van der Waals surface area contributed by atoms with Crippen molar-refractivity contribution in [3.63, 3.8) is 0 Å². The monoisotopic (exact) mass is 908 g/mol. The summed E-state index contributed by atoms with van der Waals surface area (Å²) in [6, 6.07) is 0. The third kappa shape index (κ3) is 9.40. The molecule has 1 unspecified atom stereocenters. The number of hydrogen-bond donors (Lipinski definition) is 9. The molecule has 0 spiro atoms. The lowest BCUT2D eigenvalue weighted by atomic mass is 9.57. The molecule has 5 rings (SSSR count). The summed E-state index contributed by atoms with van der Waals surface area (Å²) in [5.74, 6) is -12.7. The number of aliphatic carboxylic acids is 8. The zero-order valence-electron chi connectivity index (χ0n) is 36.3. The normalized spacial score (nSPS) is 25.8. The van der Waals surface area contributed by atoms with Gasteiger partial charge < -0.3 is 45.8 Å². The Labute approximate surface area is 370 Å². The molecule has 65 heavy (non-hydrogen) atoms. The van der Waals surface area contributed by atoms with Crippen molar-refractivity contribution in [3.8, 4) is 0 Å². The highest BCUT2D eigenvalue weighted by atomic mass is 16.4. The first kappa shape index (κ1) is 49.2. The van der Waals surface area contributed by atoms with Crippen LogP contribution in [0.15, 0.2) is 37.5 Å². The minimum Gasteiger partial charge on any atom is -0.481 e. The number of fused-ring (bicyclic) bond motifs is 6. The van der Waals surface area contributed by atoms with E-state index in [2.05, 4.69) is 4.98 Å². The Kier molecular flexibility index (Phi) is 13.9. The zero-order chi connectivity index (χ0) is 48.6. The molecule has 5 heterocycles. The van der Waals surface area contributed by atoms with Crippen LogP contribution in [0.3, 0.4) is 0 Å². The molecule has 0 aromatic carbocycles. The second-order valence-electron chi connectivity index (χ2n) is 17.8. The number of carboxylic acid groups (broad SMARTS) is 8. The van der Waals surface area contributed by atoms with Gasteiger partial charge in [-0.05, 0) is 61.8 Å². The van der Waals surface area contributed by atoms with Gasteiger partial charge in [-0.25, -0.2) is 0 Å². The number of hydrogen-bond acceptors (Lipinski definition) is 12. The van der Waals surface area contributed by atoms with Crippen LogP contribution < -0.4 is 0 Å². The van der Waals surface area contributed by atoms with Gasteiger partial charge in [-0.3, -0.25) is 58.1 Å². The van der Waals surface area contributed by atoms with Crippen LogP contribution in [0.25, 0.3) is 0 Å². The molecule has 8 bridgehead atoms. The Balaban J connectivity index is 2.03. The molecule has 4 aliphatic rings. The Hall–Kier alpha value is -6.80. The van der Waals surface area contributed by atoms with Crippen molar-refractivity contribution in [2.24, 2.45) is 37.1 Å². The lowest BCUT2D eigenvalue weighted by Gasteiger charge is -2.43. The molecule has 1 aromatic heterocycles. The fourth-order valence-electron chi connectivity index (χ4n) is 10.7. The smallest absolute Gasteiger partial charge is 0.307 e. The molecule has 9 N–H and O–H groups in total. The number of H-pyrrole nitrogens is 1. The molecule has 21 heteroatoms. The number of carboxylic acids is 8. The topological polar surface area (TPSA) is 368 Å². The molecule has 5 atom stereocenters. The Morgan fingerprint density at radius 2 is 1.14 bits per heavy atom. The van der Waals surface area contributed by atoms with Crippen molar-refractivity contribution in [2.75, 3.05) is 0 Å². The van der Waals surface area contributed by atoms with E-state index in [1.165, 1.54) is 20.8 Å². The van der Waals surface area contributed by atoms with Gasteiger partial charge in [-0.1, -0.05) is 13.8 Å². The number of allylic oxidation sites excluding steroid dienone is 2. The van der Waals surface area contributed by atoms with E-state index in [1.54, 1.807) is 0 Å². The van der Waals surface area contributed by atoms with Gasteiger partial charge in [0.1, 0.15) is 0 Å². The average Bonchev–Trinajstić information content (AvgIpc) is 3.78. The molecule has 0 aliphatic carbocycles. The maximum absolute atomic E-state index is 14.8. The zero-order valence-corrected chi connectivity index (χ0v) is 36.3. The van der Waals surface area contributed by atoms with Crippen LogP contribution in [0.4, 0.5) is 0 Å². The second-order valence-corrected chi connectivity index (χ2v) is 17.8. The molecule has 0 saturated heterocycles. The van der Waals surface area contributed by atoms with E-state index in [1.807, 2.05) is 0 Å². The Bertz CT molecular complexity index is 2450. The van der Waals surface area contributed by atoms with Crippen LogP contribution >= 0.6 is 0 Å². The predicted molar refractivity (Wildman–Crippen MR) is 225 cm³/mol. The van der Waals surface area contributed by atoms with Gasteiger partial charge in [0.15, 0.2) is 11.3 Å².